The van der Waals surface area contributed by atoms with Crippen LogP contribution in [-0.2, 0) is 9.59 Å². The number of rotatable bonds is 5. The number of hydrogen-bond donors (Lipinski definition) is 1. The molecule has 1 aromatic heterocycles. The van der Waals surface area contributed by atoms with Gasteiger partial charge >= 0.3 is 0 Å². The minimum atomic E-state index is -0.304. The van der Waals surface area contributed by atoms with Crippen LogP contribution in [0.5, 0.6) is 0 Å². The van der Waals surface area contributed by atoms with E-state index < -0.39 is 0 Å². The van der Waals surface area contributed by atoms with Crippen molar-refractivity contribution in [3.05, 3.63) is 54.0 Å². The van der Waals surface area contributed by atoms with Crippen LogP contribution in [0.3, 0.4) is 0 Å². The van der Waals surface area contributed by atoms with Gasteiger partial charge in [-0.2, -0.15) is 0 Å². The standard InChI is InChI=1S/C23H25FN4O2/c1-2-3-16-10-18(12-19(24)11-16)17-4-6-21(25-13-17)26-22(29)15-27-8-9-28-20(14-27)5-7-23(28)30/h2-4,6,10-13,20H,5,7-9,14-15H2,1H3,(H,25,26,29). The van der Waals surface area contributed by atoms with Crippen molar-refractivity contribution in [2.24, 2.45) is 0 Å². The number of carbonyl (C=O) groups excluding carboxylic acids is 2. The predicted octanol–water partition coefficient (Wildman–Crippen LogP) is 3.17. The van der Waals surface area contributed by atoms with E-state index in [0.717, 1.165) is 29.7 Å². The van der Waals surface area contributed by atoms with Crippen molar-refractivity contribution in [1.29, 1.82) is 0 Å². The van der Waals surface area contributed by atoms with Crippen molar-refractivity contribution in [3.63, 3.8) is 0 Å². The largest absolute Gasteiger partial charge is 0.337 e. The van der Waals surface area contributed by atoms with Gasteiger partial charge in [0.15, 0.2) is 0 Å². The molecule has 1 N–H and O–H groups in total. The van der Waals surface area contributed by atoms with Crippen LogP contribution in [0.2, 0.25) is 0 Å². The lowest BCUT2D eigenvalue weighted by Crippen LogP contribution is -2.52. The summed E-state index contributed by atoms with van der Waals surface area (Å²) >= 11 is 0. The molecule has 2 aromatic rings. The van der Waals surface area contributed by atoms with Gasteiger partial charge in [-0.3, -0.25) is 14.5 Å². The third kappa shape index (κ3) is 4.57. The number of nitrogens with zero attached hydrogens (tertiary/aromatic N) is 3. The van der Waals surface area contributed by atoms with Crippen molar-refractivity contribution in [1.82, 2.24) is 14.8 Å². The van der Waals surface area contributed by atoms with Gasteiger partial charge in [-0.25, -0.2) is 9.37 Å². The SMILES string of the molecule is CC=Cc1cc(F)cc(-c2ccc(NC(=O)CN3CCN4C(=O)CCC4C3)nc2)c1. The third-order valence-electron chi connectivity index (χ3n) is 5.59. The number of amides is 2. The smallest absolute Gasteiger partial charge is 0.239 e. The van der Waals surface area contributed by atoms with E-state index in [1.807, 2.05) is 36.1 Å². The number of benzene rings is 1. The van der Waals surface area contributed by atoms with E-state index in [1.165, 1.54) is 12.1 Å². The molecule has 0 spiro atoms. The summed E-state index contributed by atoms with van der Waals surface area (Å²) in [7, 11) is 0. The van der Waals surface area contributed by atoms with Crippen LogP contribution in [0.15, 0.2) is 42.6 Å². The molecule has 0 aliphatic carbocycles. The summed E-state index contributed by atoms with van der Waals surface area (Å²) in [5.74, 6) is 0.254. The number of fused-ring (bicyclic) bond motifs is 1. The topological polar surface area (TPSA) is 65.5 Å². The second-order valence-corrected chi connectivity index (χ2v) is 7.77. The maximum atomic E-state index is 13.9. The summed E-state index contributed by atoms with van der Waals surface area (Å²) in [6.07, 6.45) is 6.82. The molecule has 0 saturated carbocycles. The molecule has 6 nitrogen and oxygen atoms in total. The first-order valence-electron chi connectivity index (χ1n) is 10.2. The average Bonchev–Trinajstić information content (AvgIpc) is 3.08. The quantitative estimate of drug-likeness (QED) is 0.825. The monoisotopic (exact) mass is 408 g/mol. The van der Waals surface area contributed by atoms with E-state index in [-0.39, 0.29) is 30.2 Å². The number of piperazine rings is 1. The highest BCUT2D eigenvalue weighted by molar-refractivity contribution is 5.91. The molecule has 2 saturated heterocycles. The Hall–Kier alpha value is -3.06. The zero-order valence-corrected chi connectivity index (χ0v) is 17.0. The number of allylic oxidation sites excluding steroid dienone is 1. The lowest BCUT2D eigenvalue weighted by molar-refractivity contribution is -0.130. The number of pyridine rings is 1. The molecule has 2 aliphatic heterocycles. The molecule has 2 fully saturated rings. The number of halogens is 1. The fraction of sp³-hybridized carbons (Fsp3) is 0.348. The highest BCUT2D eigenvalue weighted by atomic mass is 19.1. The van der Waals surface area contributed by atoms with Crippen LogP contribution < -0.4 is 5.32 Å². The fourth-order valence-corrected chi connectivity index (χ4v) is 4.16. The first kappa shape index (κ1) is 20.2. The van der Waals surface area contributed by atoms with Crippen LogP contribution in [0.1, 0.15) is 25.3 Å². The average molecular weight is 408 g/mol. The van der Waals surface area contributed by atoms with Crippen LogP contribution >= 0.6 is 0 Å². The van der Waals surface area contributed by atoms with E-state index >= 15 is 0 Å². The minimum absolute atomic E-state index is 0.130. The molecule has 3 heterocycles. The Morgan fingerprint density at radius 2 is 2.13 bits per heavy atom. The zero-order valence-electron chi connectivity index (χ0n) is 17.0. The van der Waals surface area contributed by atoms with Crippen molar-refractivity contribution in [2.75, 3.05) is 31.5 Å². The molecule has 7 heteroatoms. The summed E-state index contributed by atoms with van der Waals surface area (Å²) in [4.78, 5) is 32.5. The molecule has 1 unspecified atom stereocenters. The highest BCUT2D eigenvalue weighted by Gasteiger charge is 2.35. The minimum Gasteiger partial charge on any atom is -0.337 e. The van der Waals surface area contributed by atoms with Crippen molar-refractivity contribution >= 4 is 23.7 Å². The van der Waals surface area contributed by atoms with Gasteiger partial charge in [0, 0.05) is 43.9 Å². The van der Waals surface area contributed by atoms with Crippen molar-refractivity contribution in [2.45, 2.75) is 25.8 Å². The molecule has 2 amide bonds. The van der Waals surface area contributed by atoms with Crippen LogP contribution in [-0.4, -0.2) is 58.8 Å². The van der Waals surface area contributed by atoms with E-state index in [0.29, 0.717) is 25.3 Å². The number of carbonyl (C=O) groups is 2. The van der Waals surface area contributed by atoms with Gasteiger partial charge < -0.3 is 10.2 Å². The second kappa shape index (κ2) is 8.75. The Kier molecular flexibility index (Phi) is 5.90. The Morgan fingerprint density at radius 1 is 1.27 bits per heavy atom. The van der Waals surface area contributed by atoms with Gasteiger partial charge in [-0.1, -0.05) is 12.2 Å². The Morgan fingerprint density at radius 3 is 2.90 bits per heavy atom. The number of aromatic nitrogens is 1. The summed E-state index contributed by atoms with van der Waals surface area (Å²) in [5.41, 5.74) is 2.30. The Labute approximate surface area is 175 Å². The number of hydrogen-bond acceptors (Lipinski definition) is 4. The Balaban J connectivity index is 1.36. The molecule has 1 aromatic carbocycles. The van der Waals surface area contributed by atoms with E-state index in [4.69, 9.17) is 0 Å². The molecule has 30 heavy (non-hydrogen) atoms. The van der Waals surface area contributed by atoms with E-state index in [1.54, 1.807) is 12.3 Å². The molecule has 2 aliphatic rings. The normalized spacial score (nSPS) is 19.3. The van der Waals surface area contributed by atoms with Gasteiger partial charge in [-0.05, 0) is 54.8 Å². The van der Waals surface area contributed by atoms with Crippen LogP contribution in [0.4, 0.5) is 10.2 Å². The summed E-state index contributed by atoms with van der Waals surface area (Å²) in [5, 5.41) is 2.82. The summed E-state index contributed by atoms with van der Waals surface area (Å²) < 4.78 is 13.9. The van der Waals surface area contributed by atoms with Gasteiger partial charge in [0.05, 0.1) is 6.54 Å². The molecule has 4 rings (SSSR count). The van der Waals surface area contributed by atoms with E-state index in [9.17, 15) is 14.0 Å². The fourth-order valence-electron chi connectivity index (χ4n) is 4.16. The van der Waals surface area contributed by atoms with Gasteiger partial charge in [0.2, 0.25) is 11.8 Å². The predicted molar refractivity (Wildman–Crippen MR) is 114 cm³/mol. The maximum Gasteiger partial charge on any atom is 0.239 e. The molecular weight excluding hydrogens is 383 g/mol. The van der Waals surface area contributed by atoms with Crippen LogP contribution in [0.25, 0.3) is 17.2 Å². The lowest BCUT2D eigenvalue weighted by atomic mass is 10.0. The molecular formula is C23H25FN4O2. The second-order valence-electron chi connectivity index (χ2n) is 7.77. The molecule has 0 bridgehead atoms. The highest BCUT2D eigenvalue weighted by Crippen LogP contribution is 2.24. The van der Waals surface area contributed by atoms with Crippen molar-refractivity contribution < 1.29 is 14.0 Å². The number of anilines is 1. The zero-order chi connectivity index (χ0) is 21.1. The Bertz CT molecular complexity index is 974. The maximum absolute atomic E-state index is 13.9. The first-order chi connectivity index (χ1) is 14.5. The molecule has 156 valence electrons. The molecule has 1 atom stereocenters. The third-order valence-corrected chi connectivity index (χ3v) is 5.59. The van der Waals surface area contributed by atoms with E-state index in [2.05, 4.69) is 15.2 Å². The van der Waals surface area contributed by atoms with Gasteiger partial charge in [0.25, 0.3) is 0 Å². The number of nitrogens with one attached hydrogen (secondary N) is 1. The van der Waals surface area contributed by atoms with Gasteiger partial charge in [-0.15, -0.1) is 0 Å². The lowest BCUT2D eigenvalue weighted by Gasteiger charge is -2.37. The summed E-state index contributed by atoms with van der Waals surface area (Å²) in [6.45, 7) is 4.29. The first-order valence-corrected chi connectivity index (χ1v) is 10.2. The van der Waals surface area contributed by atoms with Crippen LogP contribution in [0, 0.1) is 5.82 Å². The molecule has 0 radical (unpaired) electrons. The summed E-state index contributed by atoms with van der Waals surface area (Å²) in [6, 6.07) is 8.62. The van der Waals surface area contributed by atoms with Gasteiger partial charge in [0.1, 0.15) is 11.6 Å². The van der Waals surface area contributed by atoms with Crippen molar-refractivity contribution in [3.8, 4) is 11.1 Å².